The Morgan fingerprint density at radius 1 is 1.41 bits per heavy atom. The van der Waals surface area contributed by atoms with E-state index in [0.717, 1.165) is 12.0 Å². The number of rotatable bonds is 3. The fourth-order valence-electron chi connectivity index (χ4n) is 3.24. The lowest BCUT2D eigenvalue weighted by Gasteiger charge is -2.21. The maximum absolute atomic E-state index is 12.1. The Morgan fingerprint density at radius 3 is 2.76 bits per heavy atom. The first-order valence-corrected chi connectivity index (χ1v) is 6.04. The minimum Gasteiger partial charge on any atom is -0.465 e. The summed E-state index contributed by atoms with van der Waals surface area (Å²) in [6.45, 7) is 2.27. The first-order valence-electron chi connectivity index (χ1n) is 6.04. The molecule has 3 heteroatoms. The van der Waals surface area contributed by atoms with Crippen LogP contribution in [0.5, 0.6) is 0 Å². The highest BCUT2D eigenvalue weighted by atomic mass is 16.5. The number of hydrogen-bond donors (Lipinski definition) is 0. The van der Waals surface area contributed by atoms with Gasteiger partial charge in [0, 0.05) is 13.0 Å². The second-order valence-electron chi connectivity index (χ2n) is 4.76. The van der Waals surface area contributed by atoms with Crippen LogP contribution in [0.3, 0.4) is 0 Å². The van der Waals surface area contributed by atoms with Gasteiger partial charge in [0.15, 0.2) is 0 Å². The lowest BCUT2D eigenvalue weighted by atomic mass is 9.97. The van der Waals surface area contributed by atoms with Crippen molar-refractivity contribution in [2.75, 3.05) is 13.7 Å². The standard InChI is InChI=1S/C14H16O3/c1-3-17-13(15)14-8-11(14)9-6-4-5-7-10(9)12(14)16-2/h4-7,11-12H,3,8H2,1-2H3. The molecule has 17 heavy (non-hydrogen) atoms. The van der Waals surface area contributed by atoms with Crippen molar-refractivity contribution in [3.8, 4) is 0 Å². The lowest BCUT2D eigenvalue weighted by molar-refractivity contribution is -0.155. The van der Waals surface area contributed by atoms with E-state index in [4.69, 9.17) is 9.47 Å². The molecule has 0 heterocycles. The zero-order valence-electron chi connectivity index (χ0n) is 10.1. The summed E-state index contributed by atoms with van der Waals surface area (Å²) in [5.74, 6) is 0.191. The van der Waals surface area contributed by atoms with Gasteiger partial charge in [-0.05, 0) is 24.5 Å². The van der Waals surface area contributed by atoms with Crippen molar-refractivity contribution in [3.63, 3.8) is 0 Å². The third kappa shape index (κ3) is 1.23. The zero-order valence-corrected chi connectivity index (χ0v) is 10.1. The molecule has 1 fully saturated rings. The summed E-state index contributed by atoms with van der Waals surface area (Å²) in [5.41, 5.74) is 1.97. The number of hydrogen-bond acceptors (Lipinski definition) is 3. The quantitative estimate of drug-likeness (QED) is 0.751. The van der Waals surface area contributed by atoms with Gasteiger partial charge < -0.3 is 9.47 Å². The summed E-state index contributed by atoms with van der Waals surface area (Å²) in [4.78, 5) is 12.1. The molecule has 0 aromatic heterocycles. The topological polar surface area (TPSA) is 35.5 Å². The number of methoxy groups -OCH3 is 1. The fraction of sp³-hybridized carbons (Fsp3) is 0.500. The van der Waals surface area contributed by atoms with Gasteiger partial charge >= 0.3 is 5.97 Å². The minimum absolute atomic E-state index is 0.104. The van der Waals surface area contributed by atoms with Crippen molar-refractivity contribution in [2.24, 2.45) is 5.41 Å². The molecule has 0 spiro atoms. The molecule has 0 radical (unpaired) electrons. The van der Waals surface area contributed by atoms with E-state index >= 15 is 0 Å². The van der Waals surface area contributed by atoms with Gasteiger partial charge in [-0.3, -0.25) is 4.79 Å². The average molecular weight is 232 g/mol. The summed E-state index contributed by atoms with van der Waals surface area (Å²) in [5, 5.41) is 0. The fourth-order valence-corrected chi connectivity index (χ4v) is 3.24. The van der Waals surface area contributed by atoms with Crippen LogP contribution in [-0.4, -0.2) is 19.7 Å². The zero-order chi connectivity index (χ0) is 12.0. The van der Waals surface area contributed by atoms with Crippen LogP contribution in [0.25, 0.3) is 0 Å². The first-order chi connectivity index (χ1) is 8.25. The van der Waals surface area contributed by atoms with Gasteiger partial charge in [-0.2, -0.15) is 0 Å². The smallest absolute Gasteiger partial charge is 0.315 e. The Morgan fingerprint density at radius 2 is 2.12 bits per heavy atom. The number of fused-ring (bicyclic) bond motifs is 3. The predicted molar refractivity (Wildman–Crippen MR) is 62.6 cm³/mol. The van der Waals surface area contributed by atoms with Gasteiger partial charge in [-0.15, -0.1) is 0 Å². The maximum Gasteiger partial charge on any atom is 0.315 e. The van der Waals surface area contributed by atoms with Crippen molar-refractivity contribution >= 4 is 5.97 Å². The van der Waals surface area contributed by atoms with Crippen LogP contribution in [0.15, 0.2) is 24.3 Å². The highest BCUT2D eigenvalue weighted by molar-refractivity contribution is 5.85. The Balaban J connectivity index is 2.01. The number of ether oxygens (including phenoxy) is 2. The molecule has 0 bridgehead atoms. The number of esters is 1. The molecule has 0 amide bonds. The number of benzene rings is 1. The van der Waals surface area contributed by atoms with Crippen LogP contribution in [-0.2, 0) is 14.3 Å². The molecule has 0 saturated heterocycles. The number of carbonyl (C=O) groups excluding carboxylic acids is 1. The second-order valence-corrected chi connectivity index (χ2v) is 4.76. The van der Waals surface area contributed by atoms with E-state index in [2.05, 4.69) is 12.1 Å². The summed E-state index contributed by atoms with van der Waals surface area (Å²) in [6, 6.07) is 8.16. The molecule has 1 aromatic rings. The molecule has 3 nitrogen and oxygen atoms in total. The second kappa shape index (κ2) is 3.57. The largest absolute Gasteiger partial charge is 0.465 e. The third-order valence-electron chi connectivity index (χ3n) is 4.02. The summed E-state index contributed by atoms with van der Waals surface area (Å²) < 4.78 is 10.8. The molecule has 0 aliphatic heterocycles. The minimum atomic E-state index is -0.436. The van der Waals surface area contributed by atoms with Crippen molar-refractivity contribution < 1.29 is 14.3 Å². The molecule has 1 aromatic carbocycles. The number of carbonyl (C=O) groups is 1. The monoisotopic (exact) mass is 232 g/mol. The normalized spacial score (nSPS) is 32.8. The van der Waals surface area contributed by atoms with Crippen LogP contribution in [0.1, 0.15) is 36.5 Å². The third-order valence-corrected chi connectivity index (χ3v) is 4.02. The van der Waals surface area contributed by atoms with Crippen LogP contribution in [0.2, 0.25) is 0 Å². The van der Waals surface area contributed by atoms with Gasteiger partial charge in [0.05, 0.1) is 12.7 Å². The summed E-state index contributed by atoms with van der Waals surface area (Å²) in [6.07, 6.45) is 0.726. The highest BCUT2D eigenvalue weighted by Crippen LogP contribution is 2.73. The van der Waals surface area contributed by atoms with E-state index in [-0.39, 0.29) is 12.1 Å². The molecule has 3 atom stereocenters. The van der Waals surface area contributed by atoms with Gasteiger partial charge in [0.2, 0.25) is 0 Å². The maximum atomic E-state index is 12.1. The Bertz CT molecular complexity index is 468. The Hall–Kier alpha value is -1.35. The van der Waals surface area contributed by atoms with Crippen LogP contribution < -0.4 is 0 Å². The highest BCUT2D eigenvalue weighted by Gasteiger charge is 2.71. The van der Waals surface area contributed by atoms with Gasteiger partial charge in [0.1, 0.15) is 5.41 Å². The van der Waals surface area contributed by atoms with Crippen molar-refractivity contribution in [1.29, 1.82) is 0 Å². The molecule has 3 unspecified atom stereocenters. The molecule has 1 saturated carbocycles. The molecular formula is C14H16O3. The summed E-state index contributed by atoms with van der Waals surface area (Å²) in [7, 11) is 1.67. The average Bonchev–Trinajstić information content (AvgIpc) is 3.02. The molecule has 0 N–H and O–H groups in total. The molecular weight excluding hydrogens is 216 g/mol. The first kappa shape index (κ1) is 10.8. The predicted octanol–water partition coefficient (Wildman–Crippen LogP) is 2.42. The van der Waals surface area contributed by atoms with E-state index in [1.807, 2.05) is 19.1 Å². The lowest BCUT2D eigenvalue weighted by Crippen LogP contribution is -2.26. The molecule has 3 rings (SSSR count). The molecule has 2 aliphatic carbocycles. The van der Waals surface area contributed by atoms with Crippen LogP contribution in [0.4, 0.5) is 0 Å². The van der Waals surface area contributed by atoms with E-state index in [1.165, 1.54) is 5.56 Å². The van der Waals surface area contributed by atoms with Crippen LogP contribution >= 0.6 is 0 Å². The van der Waals surface area contributed by atoms with E-state index in [1.54, 1.807) is 7.11 Å². The van der Waals surface area contributed by atoms with Crippen LogP contribution in [0, 0.1) is 5.41 Å². The van der Waals surface area contributed by atoms with Gasteiger partial charge in [0.25, 0.3) is 0 Å². The van der Waals surface area contributed by atoms with E-state index in [0.29, 0.717) is 12.5 Å². The Labute approximate surface area is 101 Å². The Kier molecular flexibility index (Phi) is 2.26. The molecule has 2 aliphatic rings. The van der Waals surface area contributed by atoms with Crippen molar-refractivity contribution in [1.82, 2.24) is 0 Å². The van der Waals surface area contributed by atoms with Crippen molar-refractivity contribution in [2.45, 2.75) is 25.4 Å². The van der Waals surface area contributed by atoms with E-state index < -0.39 is 5.41 Å². The summed E-state index contributed by atoms with van der Waals surface area (Å²) >= 11 is 0. The SMILES string of the molecule is CCOC(=O)C12CC1c1ccccc1C2OC. The van der Waals surface area contributed by atoms with Crippen molar-refractivity contribution in [3.05, 3.63) is 35.4 Å². The van der Waals surface area contributed by atoms with Gasteiger partial charge in [-0.25, -0.2) is 0 Å². The van der Waals surface area contributed by atoms with E-state index in [9.17, 15) is 4.79 Å². The van der Waals surface area contributed by atoms with Gasteiger partial charge in [-0.1, -0.05) is 24.3 Å². The molecule has 90 valence electrons.